The molecule has 2 aromatic rings. The third kappa shape index (κ3) is 2.98. The number of amides is 2. The van der Waals surface area contributed by atoms with Crippen LogP contribution in [0.2, 0.25) is 5.02 Å². The zero-order chi connectivity index (χ0) is 21.8. The average Bonchev–Trinajstić information content (AvgIpc) is 3.16. The number of aromatic nitrogens is 1. The normalized spacial score (nSPS) is 22.9. The summed E-state index contributed by atoms with van der Waals surface area (Å²) < 4.78 is 28.2. The monoisotopic (exact) mass is 441 g/mol. The molecule has 8 heteroatoms. The molecule has 2 saturated heterocycles. The van der Waals surface area contributed by atoms with Crippen molar-refractivity contribution < 1.29 is 18.4 Å². The molecule has 1 atom stereocenters. The lowest BCUT2D eigenvalue weighted by atomic mass is 9.79. The second-order valence-electron chi connectivity index (χ2n) is 7.82. The van der Waals surface area contributed by atoms with Crippen molar-refractivity contribution in [3.8, 4) is 0 Å². The van der Waals surface area contributed by atoms with E-state index in [4.69, 9.17) is 11.6 Å². The van der Waals surface area contributed by atoms with Crippen molar-refractivity contribution in [1.82, 2.24) is 14.8 Å². The smallest absolute Gasteiger partial charge is 0.257 e. The molecule has 2 aliphatic heterocycles. The van der Waals surface area contributed by atoms with Gasteiger partial charge in [-0.05, 0) is 36.2 Å². The molecule has 5 rings (SSSR count). The highest BCUT2D eigenvalue weighted by molar-refractivity contribution is 6.30. The Kier molecular flexibility index (Phi) is 4.66. The lowest BCUT2D eigenvalue weighted by Gasteiger charge is -2.48. The number of fused-ring (bicyclic) bond motifs is 2. The zero-order valence-electron chi connectivity index (χ0n) is 16.4. The third-order valence-electron chi connectivity index (χ3n) is 6.23. The molecule has 2 amide bonds. The Morgan fingerprint density at radius 2 is 1.87 bits per heavy atom. The van der Waals surface area contributed by atoms with Crippen LogP contribution in [-0.2, 0) is 10.5 Å². The van der Waals surface area contributed by atoms with Crippen LogP contribution in [0.4, 0.5) is 8.78 Å². The molecule has 3 aliphatic rings. The van der Waals surface area contributed by atoms with Crippen LogP contribution in [-0.4, -0.2) is 39.7 Å². The lowest BCUT2D eigenvalue weighted by molar-refractivity contribution is -0.136. The maximum Gasteiger partial charge on any atom is 0.257 e. The maximum absolute atomic E-state index is 14.9. The maximum atomic E-state index is 14.9. The molecule has 1 aromatic heterocycles. The van der Waals surface area contributed by atoms with Gasteiger partial charge in [0.05, 0.1) is 5.56 Å². The summed E-state index contributed by atoms with van der Waals surface area (Å²) in [7, 11) is 0. The molecule has 0 saturated carbocycles. The minimum absolute atomic E-state index is 0.137. The quantitative estimate of drug-likeness (QED) is 0.651. The fourth-order valence-corrected chi connectivity index (χ4v) is 4.92. The van der Waals surface area contributed by atoms with Crippen LogP contribution >= 0.6 is 11.6 Å². The zero-order valence-corrected chi connectivity index (χ0v) is 17.2. The van der Waals surface area contributed by atoms with Gasteiger partial charge in [0.1, 0.15) is 11.5 Å². The molecular formula is C23H18ClF2N3O2. The Bertz CT molecular complexity index is 1140. The minimum Gasteiger partial charge on any atom is -0.309 e. The fourth-order valence-electron chi connectivity index (χ4n) is 4.80. The van der Waals surface area contributed by atoms with Crippen molar-refractivity contribution in [2.24, 2.45) is 0 Å². The van der Waals surface area contributed by atoms with Crippen LogP contribution in [0.5, 0.6) is 0 Å². The van der Waals surface area contributed by atoms with Gasteiger partial charge in [-0.1, -0.05) is 29.8 Å². The first-order chi connectivity index (χ1) is 14.9. The number of pyridine rings is 1. The van der Waals surface area contributed by atoms with Gasteiger partial charge in [0.15, 0.2) is 0 Å². The lowest BCUT2D eigenvalue weighted by Crippen LogP contribution is -2.58. The Balaban J connectivity index is 1.68. The van der Waals surface area contributed by atoms with Crippen molar-refractivity contribution in [2.75, 3.05) is 13.1 Å². The van der Waals surface area contributed by atoms with Gasteiger partial charge >= 0.3 is 0 Å². The standard InChI is InChI=1S/C23H18ClF2N3O2/c24-16-7-5-15(6-8-16)23-12-18-17(2-1-3-19(18)25)22(31)29(23)11-10-28(23)21(30)14-4-9-20(26)27-13-14/h2,4-9,13H,1,3,10-12H2. The fraction of sp³-hybridized carbons (Fsp3) is 0.261. The molecule has 158 valence electrons. The van der Waals surface area contributed by atoms with E-state index in [-0.39, 0.29) is 36.7 Å². The van der Waals surface area contributed by atoms with Gasteiger partial charge in [-0.25, -0.2) is 9.37 Å². The SMILES string of the molecule is O=C1C2=CCCC(F)=C2CC2(c3ccc(Cl)cc3)N1CCN2C(=O)c1ccc(F)nc1. The van der Waals surface area contributed by atoms with Crippen LogP contribution in [0.1, 0.15) is 35.2 Å². The summed E-state index contributed by atoms with van der Waals surface area (Å²) in [5.74, 6) is -1.70. The van der Waals surface area contributed by atoms with Gasteiger partial charge in [-0.15, -0.1) is 0 Å². The van der Waals surface area contributed by atoms with Crippen molar-refractivity contribution >= 4 is 23.4 Å². The highest BCUT2D eigenvalue weighted by Crippen LogP contribution is 2.50. The molecule has 31 heavy (non-hydrogen) atoms. The summed E-state index contributed by atoms with van der Waals surface area (Å²) in [6.45, 7) is 0.556. The van der Waals surface area contributed by atoms with Crippen LogP contribution in [0.3, 0.4) is 0 Å². The number of hydrogen-bond acceptors (Lipinski definition) is 3. The van der Waals surface area contributed by atoms with E-state index in [1.807, 2.05) is 0 Å². The van der Waals surface area contributed by atoms with Crippen molar-refractivity contribution in [2.45, 2.75) is 24.9 Å². The molecule has 0 spiro atoms. The Morgan fingerprint density at radius 3 is 2.58 bits per heavy atom. The van der Waals surface area contributed by atoms with E-state index < -0.39 is 17.5 Å². The summed E-state index contributed by atoms with van der Waals surface area (Å²) >= 11 is 6.08. The second-order valence-corrected chi connectivity index (χ2v) is 8.26. The van der Waals surface area contributed by atoms with E-state index in [0.29, 0.717) is 34.7 Å². The van der Waals surface area contributed by atoms with E-state index in [0.717, 1.165) is 6.07 Å². The first-order valence-electron chi connectivity index (χ1n) is 10.0. The first-order valence-corrected chi connectivity index (χ1v) is 10.4. The average molecular weight is 442 g/mol. The molecule has 0 N–H and O–H groups in total. The van der Waals surface area contributed by atoms with Crippen molar-refractivity contribution in [3.63, 3.8) is 0 Å². The van der Waals surface area contributed by atoms with Crippen LogP contribution in [0.25, 0.3) is 0 Å². The third-order valence-corrected chi connectivity index (χ3v) is 6.48. The minimum atomic E-state index is -1.20. The molecule has 5 nitrogen and oxygen atoms in total. The second kappa shape index (κ2) is 7.27. The summed E-state index contributed by atoms with van der Waals surface area (Å²) in [5, 5.41) is 0.510. The molecule has 2 fully saturated rings. The summed E-state index contributed by atoms with van der Waals surface area (Å²) in [6.07, 6.45) is 3.80. The highest BCUT2D eigenvalue weighted by atomic mass is 35.5. The van der Waals surface area contributed by atoms with Crippen LogP contribution in [0.15, 0.2) is 65.6 Å². The predicted octanol–water partition coefficient (Wildman–Crippen LogP) is 4.36. The molecule has 1 aliphatic carbocycles. The molecular weight excluding hydrogens is 424 g/mol. The van der Waals surface area contributed by atoms with Gasteiger partial charge in [0.2, 0.25) is 5.95 Å². The topological polar surface area (TPSA) is 53.5 Å². The number of hydrogen-bond donors (Lipinski definition) is 0. The van der Waals surface area contributed by atoms with E-state index in [9.17, 15) is 18.4 Å². The molecule has 1 aromatic carbocycles. The number of halogens is 3. The van der Waals surface area contributed by atoms with Gasteiger partial charge in [-0.3, -0.25) is 9.59 Å². The summed E-state index contributed by atoms with van der Waals surface area (Å²) in [4.78, 5) is 33.7. The van der Waals surface area contributed by atoms with Gasteiger partial charge in [0, 0.05) is 48.3 Å². The molecule has 0 radical (unpaired) electrons. The first kappa shape index (κ1) is 19.9. The Labute approximate surface area is 182 Å². The number of nitrogens with zero attached hydrogens (tertiary/aromatic N) is 3. The predicted molar refractivity (Wildman–Crippen MR) is 110 cm³/mol. The van der Waals surface area contributed by atoms with Crippen molar-refractivity contribution in [3.05, 3.63) is 87.7 Å². The number of allylic oxidation sites excluding steroid dienone is 2. The molecule has 3 heterocycles. The van der Waals surface area contributed by atoms with E-state index in [1.54, 1.807) is 40.1 Å². The van der Waals surface area contributed by atoms with E-state index in [1.165, 1.54) is 12.3 Å². The number of carbonyl (C=O) groups is 2. The molecule has 1 unspecified atom stereocenters. The van der Waals surface area contributed by atoms with Gasteiger partial charge in [-0.2, -0.15) is 4.39 Å². The van der Waals surface area contributed by atoms with Crippen molar-refractivity contribution in [1.29, 1.82) is 0 Å². The van der Waals surface area contributed by atoms with E-state index in [2.05, 4.69) is 4.98 Å². The Morgan fingerprint density at radius 1 is 1.10 bits per heavy atom. The number of benzene rings is 1. The van der Waals surface area contributed by atoms with Crippen LogP contribution < -0.4 is 0 Å². The number of piperidine rings is 1. The van der Waals surface area contributed by atoms with Crippen LogP contribution in [0, 0.1) is 5.95 Å². The Hall–Kier alpha value is -3.06. The van der Waals surface area contributed by atoms with E-state index >= 15 is 0 Å². The van der Waals surface area contributed by atoms with Gasteiger partial charge in [0.25, 0.3) is 11.8 Å². The number of carbonyl (C=O) groups excluding carboxylic acids is 2. The largest absolute Gasteiger partial charge is 0.309 e. The summed E-state index contributed by atoms with van der Waals surface area (Å²) in [5.41, 5.74) is 0.388. The molecule has 0 bridgehead atoms. The van der Waals surface area contributed by atoms with Gasteiger partial charge < -0.3 is 9.80 Å². The highest BCUT2D eigenvalue weighted by Gasteiger charge is 2.57. The summed E-state index contributed by atoms with van der Waals surface area (Å²) in [6, 6.07) is 9.36. The number of rotatable bonds is 2.